The molecule has 0 saturated carbocycles. The fourth-order valence-corrected chi connectivity index (χ4v) is 3.71. The van der Waals surface area contributed by atoms with E-state index in [2.05, 4.69) is 4.99 Å². The third kappa shape index (κ3) is 3.25. The maximum atomic E-state index is 13.6. The Hall–Kier alpha value is -2.23. The fourth-order valence-electron chi connectivity index (χ4n) is 2.72. The minimum absolute atomic E-state index is 0.00257. The summed E-state index contributed by atoms with van der Waals surface area (Å²) in [6.45, 7) is 0.155. The Balaban J connectivity index is 1.71. The Labute approximate surface area is 151 Å². The van der Waals surface area contributed by atoms with Crippen molar-refractivity contribution in [1.29, 1.82) is 0 Å². The zero-order chi connectivity index (χ0) is 18.9. The lowest BCUT2D eigenvalue weighted by Crippen LogP contribution is -2.63. The van der Waals surface area contributed by atoms with E-state index in [4.69, 9.17) is 4.74 Å². The molecule has 0 spiro atoms. The van der Waals surface area contributed by atoms with Gasteiger partial charge in [-0.3, -0.25) is 14.5 Å². The van der Waals surface area contributed by atoms with Gasteiger partial charge in [0.1, 0.15) is 5.75 Å². The lowest BCUT2D eigenvalue weighted by Gasteiger charge is -2.28. The maximum absolute atomic E-state index is 13.6. The summed E-state index contributed by atoms with van der Waals surface area (Å²) in [6.07, 6.45) is -4.99. The number of rotatable bonds is 5. The number of nitrogens with zero attached hydrogens (tertiary/aromatic N) is 2. The van der Waals surface area contributed by atoms with E-state index >= 15 is 0 Å². The number of aryl methyl sites for hydroxylation is 1. The Kier molecular flexibility index (Phi) is 4.87. The van der Waals surface area contributed by atoms with Crippen LogP contribution in [0.5, 0.6) is 5.75 Å². The van der Waals surface area contributed by atoms with Crippen molar-refractivity contribution in [3.63, 3.8) is 0 Å². The molecule has 1 N–H and O–H groups in total. The Morgan fingerprint density at radius 1 is 1.38 bits per heavy atom. The summed E-state index contributed by atoms with van der Waals surface area (Å²) in [4.78, 5) is 28.9. The molecule has 2 heterocycles. The molecule has 1 saturated heterocycles. The SMILES string of the molecule is COc1ccc(CCC(=O)N[C@]2(C(F)(F)F)N=C3SCCN3C2=O)cc1. The molecule has 2 aliphatic heterocycles. The van der Waals surface area contributed by atoms with E-state index < -0.39 is 23.7 Å². The topological polar surface area (TPSA) is 71.0 Å². The van der Waals surface area contributed by atoms with Crippen LogP contribution in [0, 0.1) is 0 Å². The number of methoxy groups -OCH3 is 1. The van der Waals surface area contributed by atoms with Crippen molar-refractivity contribution >= 4 is 28.7 Å². The van der Waals surface area contributed by atoms with Crippen LogP contribution in [0.2, 0.25) is 0 Å². The molecule has 1 fully saturated rings. The highest BCUT2D eigenvalue weighted by molar-refractivity contribution is 8.14. The largest absolute Gasteiger partial charge is 0.497 e. The molecule has 1 aromatic carbocycles. The van der Waals surface area contributed by atoms with Gasteiger partial charge in [-0.25, -0.2) is 4.99 Å². The van der Waals surface area contributed by atoms with E-state index in [-0.39, 0.29) is 24.6 Å². The summed E-state index contributed by atoms with van der Waals surface area (Å²) in [7, 11) is 1.52. The molecule has 10 heteroatoms. The molecule has 26 heavy (non-hydrogen) atoms. The van der Waals surface area contributed by atoms with Gasteiger partial charge in [-0.15, -0.1) is 0 Å². The summed E-state index contributed by atoms with van der Waals surface area (Å²) in [5.74, 6) is -1.01. The van der Waals surface area contributed by atoms with Crippen LogP contribution in [0.15, 0.2) is 29.3 Å². The number of fused-ring (bicyclic) bond motifs is 1. The van der Waals surface area contributed by atoms with Gasteiger partial charge in [-0.2, -0.15) is 13.2 Å². The summed E-state index contributed by atoms with van der Waals surface area (Å²) in [5, 5.41) is 1.83. The standard InChI is InChI=1S/C16H16F3N3O3S/c1-25-11-5-2-10(3-6-11)4-7-12(23)20-15(16(17,18)19)13(24)22-8-9-26-14(22)21-15/h2-3,5-6H,4,7-9H2,1H3,(H,20,23)/t15-/m0/s1. The number of amidine groups is 1. The fraction of sp³-hybridized carbons (Fsp3) is 0.438. The van der Waals surface area contributed by atoms with Crippen molar-refractivity contribution in [2.45, 2.75) is 24.7 Å². The van der Waals surface area contributed by atoms with Crippen LogP contribution < -0.4 is 10.1 Å². The predicted molar refractivity (Wildman–Crippen MR) is 89.8 cm³/mol. The molecule has 1 aromatic rings. The average molecular weight is 387 g/mol. The minimum Gasteiger partial charge on any atom is -0.497 e. The van der Waals surface area contributed by atoms with Crippen molar-refractivity contribution in [1.82, 2.24) is 10.2 Å². The third-order valence-electron chi connectivity index (χ3n) is 4.13. The molecule has 0 aliphatic carbocycles. The van der Waals surface area contributed by atoms with Crippen LogP contribution in [0.4, 0.5) is 13.2 Å². The number of ether oxygens (including phenoxy) is 1. The van der Waals surface area contributed by atoms with E-state index in [1.54, 1.807) is 24.3 Å². The van der Waals surface area contributed by atoms with Gasteiger partial charge < -0.3 is 10.1 Å². The van der Waals surface area contributed by atoms with Gasteiger partial charge in [0.2, 0.25) is 5.91 Å². The highest BCUT2D eigenvalue weighted by atomic mass is 32.2. The number of halogens is 3. The number of hydrogen-bond donors (Lipinski definition) is 1. The summed E-state index contributed by atoms with van der Waals surface area (Å²) in [5.41, 5.74) is -2.45. The molecule has 140 valence electrons. The van der Waals surface area contributed by atoms with Crippen molar-refractivity contribution in [2.24, 2.45) is 4.99 Å². The third-order valence-corrected chi connectivity index (χ3v) is 5.08. The summed E-state index contributed by atoms with van der Waals surface area (Å²) in [6, 6.07) is 6.84. The number of thioether (sulfide) groups is 1. The minimum atomic E-state index is -5.02. The zero-order valence-corrected chi connectivity index (χ0v) is 14.6. The normalized spacial score (nSPS) is 22.2. The van der Waals surface area contributed by atoms with Crippen molar-refractivity contribution < 1.29 is 27.5 Å². The summed E-state index contributed by atoms with van der Waals surface area (Å²) >= 11 is 1.07. The van der Waals surface area contributed by atoms with Crippen molar-refractivity contribution in [3.8, 4) is 5.75 Å². The van der Waals surface area contributed by atoms with Gasteiger partial charge in [0.25, 0.3) is 5.91 Å². The number of aliphatic imine (C=N–C) groups is 1. The molecule has 6 nitrogen and oxygen atoms in total. The van der Waals surface area contributed by atoms with Crippen LogP contribution in [0.3, 0.4) is 0 Å². The van der Waals surface area contributed by atoms with E-state index in [0.717, 1.165) is 22.2 Å². The van der Waals surface area contributed by atoms with Gasteiger partial charge >= 0.3 is 11.8 Å². The van der Waals surface area contributed by atoms with E-state index in [0.29, 0.717) is 11.5 Å². The predicted octanol–water partition coefficient (Wildman–Crippen LogP) is 1.95. The molecule has 0 bridgehead atoms. The molecule has 0 radical (unpaired) electrons. The van der Waals surface area contributed by atoms with Gasteiger partial charge in [0, 0.05) is 18.7 Å². The smallest absolute Gasteiger partial charge is 0.442 e. The molecule has 0 aromatic heterocycles. The number of carbonyl (C=O) groups is 2. The first-order chi connectivity index (χ1) is 12.3. The monoisotopic (exact) mass is 387 g/mol. The average Bonchev–Trinajstić information content (AvgIpc) is 3.15. The van der Waals surface area contributed by atoms with Gasteiger partial charge in [0.15, 0.2) is 5.17 Å². The molecule has 3 rings (SSSR count). The molecular weight excluding hydrogens is 371 g/mol. The van der Waals surface area contributed by atoms with Crippen LogP contribution in [0.1, 0.15) is 12.0 Å². The number of amides is 2. The Morgan fingerprint density at radius 2 is 2.08 bits per heavy atom. The van der Waals surface area contributed by atoms with E-state index in [1.165, 1.54) is 7.11 Å². The lowest BCUT2D eigenvalue weighted by atomic mass is 10.1. The number of hydrogen-bond acceptors (Lipinski definition) is 5. The molecule has 1 atom stereocenters. The second-order valence-electron chi connectivity index (χ2n) is 5.80. The number of carbonyl (C=O) groups excluding carboxylic acids is 2. The van der Waals surface area contributed by atoms with Gasteiger partial charge in [-0.05, 0) is 24.1 Å². The first-order valence-electron chi connectivity index (χ1n) is 7.82. The molecule has 2 amide bonds. The Bertz CT molecular complexity index is 751. The molecule has 2 aliphatic rings. The maximum Gasteiger partial charge on any atom is 0.442 e. The van der Waals surface area contributed by atoms with Gasteiger partial charge in [0.05, 0.1) is 7.11 Å². The Morgan fingerprint density at radius 3 is 2.65 bits per heavy atom. The number of alkyl halides is 3. The second-order valence-corrected chi connectivity index (χ2v) is 6.87. The van der Waals surface area contributed by atoms with Crippen molar-refractivity contribution in [3.05, 3.63) is 29.8 Å². The first-order valence-corrected chi connectivity index (χ1v) is 8.81. The van der Waals surface area contributed by atoms with Crippen LogP contribution in [-0.4, -0.2) is 53.1 Å². The molecule has 0 unspecified atom stereocenters. The highest BCUT2D eigenvalue weighted by Gasteiger charge is 2.67. The van der Waals surface area contributed by atoms with Gasteiger partial charge in [-0.1, -0.05) is 23.9 Å². The quantitative estimate of drug-likeness (QED) is 0.838. The van der Waals surface area contributed by atoms with E-state index in [9.17, 15) is 22.8 Å². The van der Waals surface area contributed by atoms with Crippen LogP contribution >= 0.6 is 11.8 Å². The zero-order valence-electron chi connectivity index (χ0n) is 13.8. The van der Waals surface area contributed by atoms with E-state index in [1.807, 2.05) is 5.32 Å². The van der Waals surface area contributed by atoms with Crippen LogP contribution in [0.25, 0.3) is 0 Å². The second kappa shape index (κ2) is 6.82. The summed E-state index contributed by atoms with van der Waals surface area (Å²) < 4.78 is 45.8. The highest BCUT2D eigenvalue weighted by Crippen LogP contribution is 2.40. The number of benzene rings is 1. The first kappa shape index (κ1) is 18.6. The molecular formula is C16H16F3N3O3S. The van der Waals surface area contributed by atoms with Crippen molar-refractivity contribution in [2.75, 3.05) is 19.4 Å². The van der Waals surface area contributed by atoms with Crippen LogP contribution in [-0.2, 0) is 16.0 Å². The number of nitrogens with one attached hydrogen (secondary N) is 1. The lowest BCUT2D eigenvalue weighted by molar-refractivity contribution is -0.200.